The third kappa shape index (κ3) is 7.08. The maximum Gasteiger partial charge on any atom is 0.246 e. The molecule has 1 amide bonds. The molecule has 0 radical (unpaired) electrons. The first-order valence-corrected chi connectivity index (χ1v) is 13.1. The quantitative estimate of drug-likeness (QED) is 0.406. The van der Waals surface area contributed by atoms with Gasteiger partial charge in [-0.2, -0.15) is 0 Å². The first-order valence-electron chi connectivity index (χ1n) is 13.1. The SMILES string of the molecule is C=C(NC(CCC(=O)COC(C)C)C(C)C)NC(C(=O)N1C[C@H]2[C@@H](C1C(C)=O)C2(C)C)C(C)(C)C. The van der Waals surface area contributed by atoms with Crippen LogP contribution in [-0.4, -0.2) is 59.8 Å². The van der Waals surface area contributed by atoms with Gasteiger partial charge in [-0.25, -0.2) is 0 Å². The van der Waals surface area contributed by atoms with Crippen LogP contribution in [0.15, 0.2) is 12.4 Å². The fraction of sp³-hybridized carbons (Fsp3) is 0.821. The molecule has 5 atom stereocenters. The van der Waals surface area contributed by atoms with Gasteiger partial charge in [0.2, 0.25) is 5.91 Å². The number of piperidine rings is 1. The number of ketones is 2. The molecule has 2 aliphatic rings. The van der Waals surface area contributed by atoms with Crippen molar-refractivity contribution in [3.05, 3.63) is 12.4 Å². The summed E-state index contributed by atoms with van der Waals surface area (Å²) in [5.74, 6) is 1.55. The second kappa shape index (κ2) is 11.0. The zero-order valence-corrected chi connectivity index (χ0v) is 23.7. The highest BCUT2D eigenvalue weighted by molar-refractivity contribution is 5.92. The Morgan fingerprint density at radius 1 is 1.11 bits per heavy atom. The van der Waals surface area contributed by atoms with Crippen molar-refractivity contribution < 1.29 is 19.1 Å². The molecule has 35 heavy (non-hydrogen) atoms. The van der Waals surface area contributed by atoms with E-state index in [2.05, 4.69) is 44.9 Å². The summed E-state index contributed by atoms with van der Waals surface area (Å²) in [6.45, 7) is 25.0. The molecule has 1 aliphatic heterocycles. The highest BCUT2D eigenvalue weighted by Crippen LogP contribution is 2.65. The van der Waals surface area contributed by atoms with Gasteiger partial charge in [0.1, 0.15) is 12.6 Å². The van der Waals surface area contributed by atoms with Crippen molar-refractivity contribution in [2.75, 3.05) is 13.2 Å². The van der Waals surface area contributed by atoms with E-state index in [0.717, 1.165) is 0 Å². The smallest absolute Gasteiger partial charge is 0.246 e. The van der Waals surface area contributed by atoms with Crippen molar-refractivity contribution in [2.45, 2.75) is 106 Å². The summed E-state index contributed by atoms with van der Waals surface area (Å²) in [6, 6.07) is -0.851. The Hall–Kier alpha value is -1.89. The molecule has 7 heteroatoms. The Labute approximate surface area is 212 Å². The van der Waals surface area contributed by atoms with Crippen LogP contribution in [0, 0.1) is 28.6 Å². The van der Waals surface area contributed by atoms with Crippen molar-refractivity contribution >= 4 is 17.5 Å². The van der Waals surface area contributed by atoms with Crippen LogP contribution in [0.5, 0.6) is 0 Å². The second-order valence-corrected chi connectivity index (χ2v) is 12.9. The molecule has 1 aliphatic carbocycles. The van der Waals surface area contributed by atoms with Crippen molar-refractivity contribution in [3.63, 3.8) is 0 Å². The van der Waals surface area contributed by atoms with Gasteiger partial charge in [0.05, 0.1) is 18.0 Å². The van der Waals surface area contributed by atoms with Crippen molar-refractivity contribution in [2.24, 2.45) is 28.6 Å². The van der Waals surface area contributed by atoms with Gasteiger partial charge in [0, 0.05) is 19.0 Å². The number of carbonyl (C=O) groups excluding carboxylic acids is 3. The van der Waals surface area contributed by atoms with E-state index in [9.17, 15) is 14.4 Å². The third-order valence-electron chi connectivity index (χ3n) is 7.82. The van der Waals surface area contributed by atoms with Crippen LogP contribution >= 0.6 is 0 Å². The zero-order valence-electron chi connectivity index (χ0n) is 23.7. The van der Waals surface area contributed by atoms with E-state index in [1.165, 1.54) is 0 Å². The summed E-state index contributed by atoms with van der Waals surface area (Å²) in [6.07, 6.45) is 1.11. The van der Waals surface area contributed by atoms with Gasteiger partial charge in [0.25, 0.3) is 0 Å². The predicted octanol–water partition coefficient (Wildman–Crippen LogP) is 3.92. The van der Waals surface area contributed by atoms with Gasteiger partial charge in [0.15, 0.2) is 11.6 Å². The van der Waals surface area contributed by atoms with Gasteiger partial charge in [-0.1, -0.05) is 55.0 Å². The van der Waals surface area contributed by atoms with Gasteiger partial charge >= 0.3 is 0 Å². The van der Waals surface area contributed by atoms with Crippen LogP contribution in [0.2, 0.25) is 0 Å². The number of rotatable bonds is 13. The fourth-order valence-corrected chi connectivity index (χ4v) is 5.46. The number of ether oxygens (including phenoxy) is 1. The van der Waals surface area contributed by atoms with E-state index in [4.69, 9.17) is 4.74 Å². The van der Waals surface area contributed by atoms with Crippen molar-refractivity contribution in [1.29, 1.82) is 0 Å². The first kappa shape index (κ1) is 29.3. The number of fused-ring (bicyclic) bond motifs is 1. The summed E-state index contributed by atoms with van der Waals surface area (Å²) < 4.78 is 5.43. The lowest BCUT2D eigenvalue weighted by Crippen LogP contribution is -2.57. The van der Waals surface area contributed by atoms with Gasteiger partial charge in [-0.3, -0.25) is 14.4 Å². The fourth-order valence-electron chi connectivity index (χ4n) is 5.46. The third-order valence-corrected chi connectivity index (χ3v) is 7.82. The average molecular weight is 492 g/mol. The van der Waals surface area contributed by atoms with Crippen LogP contribution < -0.4 is 10.6 Å². The van der Waals surface area contributed by atoms with Crippen molar-refractivity contribution in [3.8, 4) is 0 Å². The van der Waals surface area contributed by atoms with E-state index in [0.29, 0.717) is 31.1 Å². The van der Waals surface area contributed by atoms with Gasteiger partial charge < -0.3 is 20.3 Å². The number of likely N-dealkylation sites (tertiary alicyclic amines) is 1. The molecule has 2 N–H and O–H groups in total. The lowest BCUT2D eigenvalue weighted by atomic mass is 9.85. The monoisotopic (exact) mass is 491 g/mol. The highest BCUT2D eigenvalue weighted by atomic mass is 16.5. The Bertz CT molecular complexity index is 812. The minimum Gasteiger partial charge on any atom is -0.371 e. The molecule has 7 nitrogen and oxygen atoms in total. The molecule has 0 spiro atoms. The molecule has 3 unspecified atom stereocenters. The molecular weight excluding hydrogens is 442 g/mol. The standard InChI is InChI=1S/C28H49N3O4/c1-16(2)22(13-12-20(33)15-35-17(3)4)29-19(6)30-25(27(7,8)9)26(34)31-14-21-23(28(21,10)11)24(31)18(5)32/h16-17,21-25,29-30H,6,12-15H2,1-5,7-11H3/t21-,22?,23-,24?,25?/m0/s1. The molecule has 0 bridgehead atoms. The molecule has 0 aromatic heterocycles. The molecule has 2 fully saturated rings. The maximum absolute atomic E-state index is 13.8. The van der Waals surface area contributed by atoms with Gasteiger partial charge in [-0.15, -0.1) is 0 Å². The van der Waals surface area contributed by atoms with Crippen LogP contribution in [0.1, 0.15) is 82.1 Å². The summed E-state index contributed by atoms with van der Waals surface area (Å²) in [7, 11) is 0. The van der Waals surface area contributed by atoms with E-state index in [1.807, 2.05) is 34.6 Å². The summed E-state index contributed by atoms with van der Waals surface area (Å²) in [5.41, 5.74) is -0.270. The van der Waals surface area contributed by atoms with E-state index < -0.39 is 6.04 Å². The molecule has 1 heterocycles. The summed E-state index contributed by atoms with van der Waals surface area (Å²) in [4.78, 5) is 40.3. The topological polar surface area (TPSA) is 87.7 Å². The number of hydrogen-bond acceptors (Lipinski definition) is 6. The molecule has 1 saturated carbocycles. The molecule has 0 aromatic carbocycles. The second-order valence-electron chi connectivity index (χ2n) is 12.9. The van der Waals surface area contributed by atoms with Crippen LogP contribution in [-0.2, 0) is 19.1 Å². The van der Waals surface area contributed by atoms with Crippen LogP contribution in [0.25, 0.3) is 0 Å². The number of hydrogen-bond donors (Lipinski definition) is 2. The molecule has 1 saturated heterocycles. The lowest BCUT2D eigenvalue weighted by molar-refractivity contribution is -0.142. The van der Waals surface area contributed by atoms with Crippen LogP contribution in [0.4, 0.5) is 0 Å². The van der Waals surface area contributed by atoms with E-state index >= 15 is 0 Å². The number of amides is 1. The van der Waals surface area contributed by atoms with Crippen LogP contribution in [0.3, 0.4) is 0 Å². The minimum absolute atomic E-state index is 0.0268. The largest absolute Gasteiger partial charge is 0.371 e. The van der Waals surface area contributed by atoms with E-state index in [-0.39, 0.29) is 64.9 Å². The normalized spacial score (nSPS) is 24.7. The molecule has 200 valence electrons. The molecule has 2 rings (SSSR count). The number of carbonyl (C=O) groups is 3. The Morgan fingerprint density at radius 3 is 2.20 bits per heavy atom. The maximum atomic E-state index is 13.8. The van der Waals surface area contributed by atoms with Crippen molar-refractivity contribution in [1.82, 2.24) is 15.5 Å². The first-order chi connectivity index (χ1) is 16.0. The summed E-state index contributed by atoms with van der Waals surface area (Å²) in [5, 5.41) is 6.75. The number of nitrogens with zero attached hydrogens (tertiary/aromatic N) is 1. The molecular formula is C28H49N3O4. The number of Topliss-reactive ketones (excluding diaryl/α,β-unsaturated/α-hetero) is 2. The molecule has 0 aromatic rings. The van der Waals surface area contributed by atoms with Gasteiger partial charge in [-0.05, 0) is 55.8 Å². The van der Waals surface area contributed by atoms with E-state index in [1.54, 1.807) is 11.8 Å². The summed E-state index contributed by atoms with van der Waals surface area (Å²) >= 11 is 0. The lowest BCUT2D eigenvalue weighted by Gasteiger charge is -2.38. The zero-order chi connectivity index (χ0) is 26.9. The average Bonchev–Trinajstić information content (AvgIpc) is 3.07. The Balaban J connectivity index is 2.05. The highest BCUT2D eigenvalue weighted by Gasteiger charge is 2.69. The predicted molar refractivity (Wildman–Crippen MR) is 140 cm³/mol. The minimum atomic E-state index is -0.529. The Morgan fingerprint density at radius 2 is 1.71 bits per heavy atom. The Kier molecular flexibility index (Phi) is 9.24. The number of nitrogens with one attached hydrogen (secondary N) is 2.